The van der Waals surface area contributed by atoms with Gasteiger partial charge in [-0.25, -0.2) is 8.78 Å². The summed E-state index contributed by atoms with van der Waals surface area (Å²) in [7, 11) is 0. The molecule has 0 aliphatic carbocycles. The fraction of sp³-hybridized carbons (Fsp3) is 0.526. The summed E-state index contributed by atoms with van der Waals surface area (Å²) in [4.78, 5) is 5.11. The van der Waals surface area contributed by atoms with Gasteiger partial charge < -0.3 is 14.3 Å². The van der Waals surface area contributed by atoms with Gasteiger partial charge in [-0.3, -0.25) is 0 Å². The van der Waals surface area contributed by atoms with Crippen molar-refractivity contribution in [3.05, 3.63) is 33.2 Å². The first-order chi connectivity index (χ1) is 12.9. The van der Waals surface area contributed by atoms with Gasteiger partial charge in [-0.1, -0.05) is 18.0 Å². The average Bonchev–Trinajstić information content (AvgIpc) is 2.58. The first-order valence-corrected chi connectivity index (χ1v) is 10.4. The fourth-order valence-corrected chi connectivity index (χ4v) is 2.37. The number of unbranched alkanes of at least 4 members (excludes halogenated alkanes) is 4. The van der Waals surface area contributed by atoms with E-state index in [0.717, 1.165) is 49.9 Å². The Hall–Kier alpha value is -1.15. The molecule has 0 heterocycles. The highest BCUT2D eigenvalue weighted by molar-refractivity contribution is 9.28. The molecule has 0 atom stereocenters. The zero-order valence-corrected chi connectivity index (χ0v) is 18.7. The maximum atomic E-state index is 14.0. The van der Waals surface area contributed by atoms with E-state index in [-0.39, 0.29) is 24.7 Å². The number of benzene rings is 1. The minimum Gasteiger partial charge on any atom is -0.489 e. The summed E-state index contributed by atoms with van der Waals surface area (Å²) >= 11 is 6.35. The van der Waals surface area contributed by atoms with Crippen molar-refractivity contribution in [2.45, 2.75) is 46.0 Å². The van der Waals surface area contributed by atoms with Crippen LogP contribution in [-0.2, 0) is 4.84 Å². The molecule has 4 nitrogen and oxygen atoms in total. The summed E-state index contributed by atoms with van der Waals surface area (Å²) in [6.07, 6.45) is 6.29. The molecule has 152 valence electrons. The molecule has 1 aromatic rings. The van der Waals surface area contributed by atoms with Crippen LogP contribution in [0.3, 0.4) is 0 Å². The van der Waals surface area contributed by atoms with Gasteiger partial charge in [0.25, 0.3) is 0 Å². The zero-order chi connectivity index (χ0) is 20.1. The first kappa shape index (κ1) is 23.9. The Kier molecular flexibility index (Phi) is 12.3. The number of ether oxygens (including phenoxy) is 2. The van der Waals surface area contributed by atoms with Crippen LogP contribution in [-0.4, -0.2) is 25.5 Å². The minimum absolute atomic E-state index is 0.111. The van der Waals surface area contributed by atoms with Gasteiger partial charge in [0.15, 0.2) is 17.4 Å². The van der Waals surface area contributed by atoms with Crippen LogP contribution in [0.5, 0.6) is 11.5 Å². The van der Waals surface area contributed by atoms with E-state index < -0.39 is 11.6 Å². The van der Waals surface area contributed by atoms with E-state index in [9.17, 15) is 8.78 Å². The van der Waals surface area contributed by atoms with Crippen LogP contribution in [0.4, 0.5) is 8.78 Å². The van der Waals surface area contributed by atoms with Crippen LogP contribution in [0, 0.1) is 11.6 Å². The van der Waals surface area contributed by atoms with Crippen molar-refractivity contribution >= 4 is 37.6 Å². The van der Waals surface area contributed by atoms with E-state index in [2.05, 4.69) is 37.0 Å². The van der Waals surface area contributed by atoms with Gasteiger partial charge in [-0.05, 0) is 71.0 Å². The molecule has 0 fully saturated rings. The first-order valence-electron chi connectivity index (χ1n) is 8.79. The monoisotopic (exact) mass is 511 g/mol. The number of hydrogen-bond donors (Lipinski definition) is 0. The number of hydrogen-bond acceptors (Lipinski definition) is 4. The Balaban J connectivity index is 2.24. The predicted molar refractivity (Wildman–Crippen MR) is 111 cm³/mol. The molecule has 1 aromatic carbocycles. The van der Waals surface area contributed by atoms with Gasteiger partial charge in [0.2, 0.25) is 0 Å². The molecule has 0 N–H and O–H groups in total. The normalized spacial score (nSPS) is 10.3. The number of oxime groups is 1. The third-order valence-corrected chi connectivity index (χ3v) is 3.98. The largest absolute Gasteiger partial charge is 0.489 e. The second-order valence-corrected chi connectivity index (χ2v) is 8.78. The van der Waals surface area contributed by atoms with E-state index in [1.807, 2.05) is 13.8 Å². The Bertz CT molecular complexity index is 608. The molecule has 0 aromatic heterocycles. The van der Waals surface area contributed by atoms with Gasteiger partial charge >= 0.3 is 0 Å². The molecule has 0 amide bonds. The number of rotatable bonds is 13. The van der Waals surface area contributed by atoms with Crippen LogP contribution in [0.2, 0.25) is 0 Å². The van der Waals surface area contributed by atoms with Gasteiger partial charge in [0, 0.05) is 12.1 Å². The molecular formula is C19H25Br2F2NO3. The molecule has 0 radical (unpaired) electrons. The molecule has 0 bridgehead atoms. The van der Waals surface area contributed by atoms with Gasteiger partial charge in [-0.15, -0.1) is 0 Å². The Labute approximate surface area is 176 Å². The second-order valence-electron chi connectivity index (χ2n) is 6.01. The van der Waals surface area contributed by atoms with Crippen molar-refractivity contribution in [3.8, 4) is 11.5 Å². The third kappa shape index (κ3) is 11.3. The van der Waals surface area contributed by atoms with Crippen molar-refractivity contribution in [1.29, 1.82) is 0 Å². The lowest BCUT2D eigenvalue weighted by Crippen LogP contribution is -2.03. The molecule has 0 aliphatic rings. The lowest BCUT2D eigenvalue weighted by atomic mass is 10.1. The SMILES string of the molecule is CC(C)=NOCCCCCCCOc1c(F)cc(OCC=C(Br)Br)cc1F. The summed E-state index contributed by atoms with van der Waals surface area (Å²) in [6, 6.07) is 2.24. The molecule has 0 aliphatic heterocycles. The summed E-state index contributed by atoms with van der Waals surface area (Å²) < 4.78 is 39.2. The summed E-state index contributed by atoms with van der Waals surface area (Å²) in [5, 5.41) is 3.86. The molecule has 8 heteroatoms. The molecular weight excluding hydrogens is 488 g/mol. The lowest BCUT2D eigenvalue weighted by Gasteiger charge is -2.10. The fourth-order valence-electron chi connectivity index (χ4n) is 2.11. The molecule has 0 saturated carbocycles. The van der Waals surface area contributed by atoms with Crippen molar-refractivity contribution < 1.29 is 23.1 Å². The molecule has 0 spiro atoms. The van der Waals surface area contributed by atoms with E-state index in [4.69, 9.17) is 14.3 Å². The van der Waals surface area contributed by atoms with Crippen molar-refractivity contribution in [3.63, 3.8) is 0 Å². The van der Waals surface area contributed by atoms with Crippen molar-refractivity contribution in [2.75, 3.05) is 19.8 Å². The zero-order valence-electron chi connectivity index (χ0n) is 15.6. The number of nitrogens with zero attached hydrogens (tertiary/aromatic N) is 1. The number of halogens is 4. The second kappa shape index (κ2) is 13.9. The Morgan fingerprint density at radius 2 is 1.56 bits per heavy atom. The van der Waals surface area contributed by atoms with E-state index in [1.54, 1.807) is 6.08 Å². The van der Waals surface area contributed by atoms with Gasteiger partial charge in [-0.2, -0.15) is 0 Å². The quantitative estimate of drug-likeness (QED) is 0.167. The highest BCUT2D eigenvalue weighted by Gasteiger charge is 2.13. The van der Waals surface area contributed by atoms with Gasteiger partial charge in [0.05, 0.1) is 15.7 Å². The van der Waals surface area contributed by atoms with Crippen LogP contribution < -0.4 is 9.47 Å². The minimum atomic E-state index is -0.768. The van der Waals surface area contributed by atoms with Crippen LogP contribution >= 0.6 is 31.9 Å². The highest BCUT2D eigenvalue weighted by atomic mass is 79.9. The maximum absolute atomic E-state index is 14.0. The molecule has 0 saturated heterocycles. The smallest absolute Gasteiger partial charge is 0.190 e. The maximum Gasteiger partial charge on any atom is 0.190 e. The standard InChI is InChI=1S/C19H25Br2F2NO3/c1-14(2)24-27-10-7-5-3-4-6-9-26-19-16(22)12-15(13-17(19)23)25-11-8-18(20)21/h8,12-13H,3-7,9-11H2,1-2H3. The third-order valence-electron chi connectivity index (χ3n) is 3.33. The average molecular weight is 513 g/mol. The van der Waals surface area contributed by atoms with Crippen LogP contribution in [0.25, 0.3) is 0 Å². The topological polar surface area (TPSA) is 40.0 Å². The van der Waals surface area contributed by atoms with Crippen LogP contribution in [0.1, 0.15) is 46.0 Å². The lowest BCUT2D eigenvalue weighted by molar-refractivity contribution is 0.139. The van der Waals surface area contributed by atoms with Crippen LogP contribution in [0.15, 0.2) is 26.8 Å². The molecule has 0 unspecified atom stereocenters. The Morgan fingerprint density at radius 1 is 0.963 bits per heavy atom. The molecule has 1 rings (SSSR count). The van der Waals surface area contributed by atoms with E-state index in [1.165, 1.54) is 0 Å². The van der Waals surface area contributed by atoms with E-state index in [0.29, 0.717) is 10.00 Å². The Morgan fingerprint density at radius 3 is 2.15 bits per heavy atom. The van der Waals surface area contributed by atoms with Crippen molar-refractivity contribution in [2.24, 2.45) is 5.16 Å². The summed E-state index contributed by atoms with van der Waals surface area (Å²) in [5.41, 5.74) is 0.898. The summed E-state index contributed by atoms with van der Waals surface area (Å²) in [6.45, 7) is 4.82. The van der Waals surface area contributed by atoms with E-state index >= 15 is 0 Å². The van der Waals surface area contributed by atoms with Gasteiger partial charge in [0.1, 0.15) is 19.0 Å². The highest BCUT2D eigenvalue weighted by Crippen LogP contribution is 2.27. The van der Waals surface area contributed by atoms with Crippen molar-refractivity contribution in [1.82, 2.24) is 0 Å². The predicted octanol–water partition coefficient (Wildman–Crippen LogP) is 6.72. The summed E-state index contributed by atoms with van der Waals surface area (Å²) in [5.74, 6) is -1.79. The molecule has 27 heavy (non-hydrogen) atoms.